The SMILES string of the molecule is Cc1noc(-c2ccc(Cl)cc2)c1C(=O)Nc1ccccc1F. The van der Waals surface area contributed by atoms with Crippen molar-refractivity contribution in [1.29, 1.82) is 0 Å². The van der Waals surface area contributed by atoms with E-state index < -0.39 is 11.7 Å². The number of benzene rings is 2. The molecule has 1 amide bonds. The summed E-state index contributed by atoms with van der Waals surface area (Å²) in [5, 5.41) is 6.94. The predicted molar refractivity (Wildman–Crippen MR) is 86.0 cm³/mol. The first-order valence-electron chi connectivity index (χ1n) is 6.84. The molecule has 6 heteroatoms. The number of carbonyl (C=O) groups is 1. The molecule has 3 aromatic rings. The molecule has 3 rings (SSSR count). The van der Waals surface area contributed by atoms with Crippen molar-refractivity contribution in [3.8, 4) is 11.3 Å². The Bertz CT molecular complexity index is 859. The number of hydrogen-bond acceptors (Lipinski definition) is 3. The van der Waals surface area contributed by atoms with E-state index in [0.717, 1.165) is 0 Å². The summed E-state index contributed by atoms with van der Waals surface area (Å²) < 4.78 is 19.0. The largest absolute Gasteiger partial charge is 0.355 e. The van der Waals surface area contributed by atoms with E-state index >= 15 is 0 Å². The fraction of sp³-hybridized carbons (Fsp3) is 0.0588. The molecule has 1 N–H and O–H groups in total. The van der Waals surface area contributed by atoms with Gasteiger partial charge in [-0.05, 0) is 43.3 Å². The first-order valence-corrected chi connectivity index (χ1v) is 7.22. The van der Waals surface area contributed by atoms with Gasteiger partial charge in [-0.1, -0.05) is 28.9 Å². The summed E-state index contributed by atoms with van der Waals surface area (Å²) in [5.74, 6) is -0.685. The molecule has 0 bridgehead atoms. The summed E-state index contributed by atoms with van der Waals surface area (Å²) in [7, 11) is 0. The number of hydrogen-bond donors (Lipinski definition) is 1. The van der Waals surface area contributed by atoms with Gasteiger partial charge in [-0.2, -0.15) is 0 Å². The summed E-state index contributed by atoms with van der Waals surface area (Å²) >= 11 is 5.86. The number of para-hydroxylation sites is 1. The molecule has 0 aliphatic rings. The molecular formula is C17H12ClFN2O2. The first kappa shape index (κ1) is 15.2. The number of halogens is 2. The molecule has 0 saturated heterocycles. The predicted octanol–water partition coefficient (Wildman–Crippen LogP) is 4.69. The maximum absolute atomic E-state index is 13.7. The molecule has 1 heterocycles. The number of carbonyl (C=O) groups excluding carboxylic acids is 1. The monoisotopic (exact) mass is 330 g/mol. The highest BCUT2D eigenvalue weighted by Crippen LogP contribution is 2.28. The van der Waals surface area contributed by atoms with Crippen molar-refractivity contribution in [2.45, 2.75) is 6.92 Å². The van der Waals surface area contributed by atoms with Gasteiger partial charge in [0.2, 0.25) is 0 Å². The van der Waals surface area contributed by atoms with Crippen LogP contribution in [0.3, 0.4) is 0 Å². The van der Waals surface area contributed by atoms with Gasteiger partial charge in [-0.3, -0.25) is 4.79 Å². The molecule has 23 heavy (non-hydrogen) atoms. The summed E-state index contributed by atoms with van der Waals surface area (Å²) in [5.41, 5.74) is 1.44. The van der Waals surface area contributed by atoms with E-state index in [-0.39, 0.29) is 11.3 Å². The minimum absolute atomic E-state index is 0.0974. The zero-order valence-corrected chi connectivity index (χ0v) is 12.9. The Hall–Kier alpha value is -2.66. The summed E-state index contributed by atoms with van der Waals surface area (Å²) in [4.78, 5) is 12.5. The van der Waals surface area contributed by atoms with Gasteiger partial charge in [0.05, 0.1) is 11.4 Å². The van der Waals surface area contributed by atoms with Gasteiger partial charge in [0.1, 0.15) is 11.4 Å². The molecule has 4 nitrogen and oxygen atoms in total. The minimum Gasteiger partial charge on any atom is -0.355 e. The van der Waals surface area contributed by atoms with Gasteiger partial charge in [-0.25, -0.2) is 4.39 Å². The van der Waals surface area contributed by atoms with Crippen LogP contribution >= 0.6 is 11.6 Å². The topological polar surface area (TPSA) is 55.1 Å². The molecule has 1 aromatic heterocycles. The van der Waals surface area contributed by atoms with E-state index in [0.29, 0.717) is 22.0 Å². The third-order valence-corrected chi connectivity index (χ3v) is 3.57. The highest BCUT2D eigenvalue weighted by atomic mass is 35.5. The second-order valence-corrected chi connectivity index (χ2v) is 5.35. The van der Waals surface area contributed by atoms with Crippen molar-refractivity contribution in [1.82, 2.24) is 5.16 Å². The average molecular weight is 331 g/mol. The zero-order chi connectivity index (χ0) is 16.4. The first-order chi connectivity index (χ1) is 11.1. The maximum Gasteiger partial charge on any atom is 0.261 e. The molecule has 0 saturated carbocycles. The summed E-state index contributed by atoms with van der Waals surface area (Å²) in [6.07, 6.45) is 0. The lowest BCUT2D eigenvalue weighted by atomic mass is 10.1. The van der Waals surface area contributed by atoms with Crippen molar-refractivity contribution >= 4 is 23.2 Å². The fourth-order valence-electron chi connectivity index (χ4n) is 2.18. The number of nitrogens with one attached hydrogen (secondary N) is 1. The van der Waals surface area contributed by atoms with Gasteiger partial charge in [0.25, 0.3) is 5.91 Å². The van der Waals surface area contributed by atoms with Gasteiger partial charge in [0.15, 0.2) is 5.76 Å². The van der Waals surface area contributed by atoms with Crippen LogP contribution < -0.4 is 5.32 Å². The Morgan fingerprint density at radius 1 is 1.17 bits per heavy atom. The van der Waals surface area contributed by atoms with Gasteiger partial charge >= 0.3 is 0 Å². The van der Waals surface area contributed by atoms with Gasteiger partial charge in [-0.15, -0.1) is 0 Å². The molecule has 0 fully saturated rings. The van der Waals surface area contributed by atoms with Crippen LogP contribution in [0.25, 0.3) is 11.3 Å². The highest BCUT2D eigenvalue weighted by molar-refractivity contribution is 6.30. The maximum atomic E-state index is 13.7. The third kappa shape index (κ3) is 3.10. The van der Waals surface area contributed by atoms with Gasteiger partial charge < -0.3 is 9.84 Å². The smallest absolute Gasteiger partial charge is 0.261 e. The van der Waals surface area contributed by atoms with Crippen molar-refractivity contribution < 1.29 is 13.7 Å². The van der Waals surface area contributed by atoms with Crippen LogP contribution in [0.5, 0.6) is 0 Å². The van der Waals surface area contributed by atoms with Crippen LogP contribution in [0.1, 0.15) is 16.1 Å². The van der Waals surface area contributed by atoms with Crippen LogP contribution in [0, 0.1) is 12.7 Å². The van der Waals surface area contributed by atoms with Crippen molar-refractivity contribution in [2.24, 2.45) is 0 Å². The fourth-order valence-corrected chi connectivity index (χ4v) is 2.31. The van der Waals surface area contributed by atoms with E-state index in [1.54, 1.807) is 43.3 Å². The number of anilines is 1. The Labute approximate surface area is 136 Å². The van der Waals surface area contributed by atoms with E-state index in [2.05, 4.69) is 10.5 Å². The van der Waals surface area contributed by atoms with E-state index in [1.807, 2.05) is 0 Å². The molecular weight excluding hydrogens is 319 g/mol. The minimum atomic E-state index is -0.511. The Kier molecular flexibility index (Phi) is 4.12. The van der Waals surface area contributed by atoms with E-state index in [4.69, 9.17) is 16.1 Å². The Balaban J connectivity index is 1.97. The number of rotatable bonds is 3. The van der Waals surface area contributed by atoms with Crippen LogP contribution in [0.2, 0.25) is 5.02 Å². The molecule has 0 aliphatic carbocycles. The van der Waals surface area contributed by atoms with Crippen LogP contribution in [-0.2, 0) is 0 Å². The molecule has 0 aliphatic heterocycles. The van der Waals surface area contributed by atoms with E-state index in [9.17, 15) is 9.18 Å². The van der Waals surface area contributed by atoms with Crippen LogP contribution in [0.4, 0.5) is 10.1 Å². The molecule has 0 unspecified atom stereocenters. The average Bonchev–Trinajstić information content (AvgIpc) is 2.92. The lowest BCUT2D eigenvalue weighted by Gasteiger charge is -2.06. The van der Waals surface area contributed by atoms with Gasteiger partial charge in [0, 0.05) is 10.6 Å². The normalized spacial score (nSPS) is 10.6. The Morgan fingerprint density at radius 2 is 1.87 bits per heavy atom. The number of aryl methyl sites for hydroxylation is 1. The molecule has 0 spiro atoms. The standard InChI is InChI=1S/C17H12ClFN2O2/c1-10-15(17(22)20-14-5-3-2-4-13(14)19)16(23-21-10)11-6-8-12(18)9-7-11/h2-9H,1H3,(H,20,22). The molecule has 0 atom stereocenters. The molecule has 116 valence electrons. The quantitative estimate of drug-likeness (QED) is 0.757. The molecule has 0 radical (unpaired) electrons. The van der Waals surface area contributed by atoms with Crippen LogP contribution in [0.15, 0.2) is 53.1 Å². The van der Waals surface area contributed by atoms with Crippen molar-refractivity contribution in [3.05, 3.63) is 70.6 Å². The number of amides is 1. The van der Waals surface area contributed by atoms with Crippen molar-refractivity contribution in [3.63, 3.8) is 0 Å². The third-order valence-electron chi connectivity index (χ3n) is 3.32. The van der Waals surface area contributed by atoms with Crippen molar-refractivity contribution in [2.75, 3.05) is 5.32 Å². The summed E-state index contributed by atoms with van der Waals surface area (Å²) in [6, 6.07) is 12.8. The highest BCUT2D eigenvalue weighted by Gasteiger charge is 2.22. The lowest BCUT2D eigenvalue weighted by Crippen LogP contribution is -2.14. The second-order valence-electron chi connectivity index (χ2n) is 4.91. The number of nitrogens with zero attached hydrogens (tertiary/aromatic N) is 1. The number of aromatic nitrogens is 1. The Morgan fingerprint density at radius 3 is 2.57 bits per heavy atom. The molecule has 2 aromatic carbocycles. The van der Waals surface area contributed by atoms with Crippen LogP contribution in [-0.4, -0.2) is 11.1 Å². The van der Waals surface area contributed by atoms with E-state index in [1.165, 1.54) is 12.1 Å². The zero-order valence-electron chi connectivity index (χ0n) is 12.1. The second kappa shape index (κ2) is 6.22. The summed E-state index contributed by atoms with van der Waals surface area (Å²) in [6.45, 7) is 1.65. The lowest BCUT2D eigenvalue weighted by molar-refractivity contribution is 0.102.